The molecule has 0 unspecified atom stereocenters. The number of rotatable bonds is 6. The van der Waals surface area contributed by atoms with Gasteiger partial charge in [-0.1, -0.05) is 27.2 Å². The number of amides is 3. The van der Waals surface area contributed by atoms with Crippen LogP contribution in [0.3, 0.4) is 0 Å². The molecule has 0 spiro atoms. The fourth-order valence-electron chi connectivity index (χ4n) is 2.73. The number of aromatic nitrogens is 1. The smallest absolute Gasteiger partial charge is 0.261 e. The van der Waals surface area contributed by atoms with E-state index in [0.717, 1.165) is 18.5 Å². The van der Waals surface area contributed by atoms with Crippen molar-refractivity contribution >= 4 is 34.2 Å². The third-order valence-electron chi connectivity index (χ3n) is 4.30. The molecule has 1 aromatic carbocycles. The number of hydrogen-bond acceptors (Lipinski definition) is 5. The molecule has 2 heterocycles. The fraction of sp³-hybridized carbons (Fsp3) is 0.368. The molecular formula is C19H21N3O3S. The quantitative estimate of drug-likeness (QED) is 0.781. The molecule has 1 aliphatic rings. The summed E-state index contributed by atoms with van der Waals surface area (Å²) in [5, 5.41) is 5.19. The Morgan fingerprint density at radius 1 is 1.23 bits per heavy atom. The van der Waals surface area contributed by atoms with Gasteiger partial charge in [-0.25, -0.2) is 4.98 Å². The van der Waals surface area contributed by atoms with E-state index in [2.05, 4.69) is 10.3 Å². The number of carbonyl (C=O) groups excluding carboxylic acids is 3. The zero-order valence-electron chi connectivity index (χ0n) is 15.0. The van der Waals surface area contributed by atoms with Crippen molar-refractivity contribution in [3.05, 3.63) is 46.0 Å². The summed E-state index contributed by atoms with van der Waals surface area (Å²) in [6.07, 6.45) is 1.66. The van der Waals surface area contributed by atoms with Crippen molar-refractivity contribution in [2.24, 2.45) is 0 Å². The third-order valence-corrected chi connectivity index (χ3v) is 5.08. The SMILES string of the molecule is CCCCN1C(=O)c2ccc(C(=O)Nc3nc(C(C)C)cs3)cc2C1=O. The molecule has 26 heavy (non-hydrogen) atoms. The van der Waals surface area contributed by atoms with E-state index in [0.29, 0.717) is 28.4 Å². The van der Waals surface area contributed by atoms with Gasteiger partial charge in [-0.3, -0.25) is 24.6 Å². The maximum atomic E-state index is 12.5. The van der Waals surface area contributed by atoms with E-state index in [1.165, 1.54) is 22.3 Å². The minimum Gasteiger partial charge on any atom is -0.298 e. The number of thiazole rings is 1. The summed E-state index contributed by atoms with van der Waals surface area (Å²) in [5.74, 6) is -0.671. The zero-order valence-corrected chi connectivity index (χ0v) is 15.9. The molecular weight excluding hydrogens is 350 g/mol. The normalized spacial score (nSPS) is 13.5. The molecule has 0 aliphatic carbocycles. The highest BCUT2D eigenvalue weighted by molar-refractivity contribution is 7.14. The van der Waals surface area contributed by atoms with Crippen molar-refractivity contribution in [3.63, 3.8) is 0 Å². The lowest BCUT2D eigenvalue weighted by Gasteiger charge is -2.12. The molecule has 0 saturated heterocycles. The molecule has 2 aromatic rings. The van der Waals surface area contributed by atoms with Gasteiger partial charge in [-0.05, 0) is 30.5 Å². The van der Waals surface area contributed by atoms with Gasteiger partial charge in [-0.2, -0.15) is 0 Å². The molecule has 0 atom stereocenters. The second-order valence-corrected chi connectivity index (χ2v) is 7.42. The van der Waals surface area contributed by atoms with Crippen LogP contribution in [-0.2, 0) is 0 Å². The average Bonchev–Trinajstić information content (AvgIpc) is 3.17. The van der Waals surface area contributed by atoms with E-state index in [4.69, 9.17) is 0 Å². The van der Waals surface area contributed by atoms with Gasteiger partial charge in [-0.15, -0.1) is 11.3 Å². The van der Waals surface area contributed by atoms with E-state index in [-0.39, 0.29) is 23.6 Å². The van der Waals surface area contributed by atoms with Crippen LogP contribution in [0.4, 0.5) is 5.13 Å². The highest BCUT2D eigenvalue weighted by Crippen LogP contribution is 2.26. The highest BCUT2D eigenvalue weighted by Gasteiger charge is 2.35. The number of nitrogens with zero attached hydrogens (tertiary/aromatic N) is 2. The first-order chi connectivity index (χ1) is 12.4. The minimum absolute atomic E-state index is 0.285. The van der Waals surface area contributed by atoms with Gasteiger partial charge in [0.1, 0.15) is 0 Å². The van der Waals surface area contributed by atoms with Gasteiger partial charge < -0.3 is 0 Å². The van der Waals surface area contributed by atoms with E-state index < -0.39 is 0 Å². The van der Waals surface area contributed by atoms with Crippen molar-refractivity contribution in [1.29, 1.82) is 0 Å². The van der Waals surface area contributed by atoms with Crippen molar-refractivity contribution in [1.82, 2.24) is 9.88 Å². The molecule has 136 valence electrons. The Kier molecular flexibility index (Phi) is 5.18. The summed E-state index contributed by atoms with van der Waals surface area (Å²) in [4.78, 5) is 42.9. The molecule has 7 heteroatoms. The van der Waals surface area contributed by atoms with Crippen molar-refractivity contribution < 1.29 is 14.4 Å². The van der Waals surface area contributed by atoms with Crippen molar-refractivity contribution in [2.75, 3.05) is 11.9 Å². The first-order valence-electron chi connectivity index (χ1n) is 8.69. The number of unbranched alkanes of at least 4 members (excludes halogenated alkanes) is 1. The Morgan fingerprint density at radius 2 is 1.96 bits per heavy atom. The number of nitrogens with one attached hydrogen (secondary N) is 1. The summed E-state index contributed by atoms with van der Waals surface area (Å²) < 4.78 is 0. The minimum atomic E-state index is -0.343. The first kappa shape index (κ1) is 18.3. The van der Waals surface area contributed by atoms with Crippen LogP contribution in [0.25, 0.3) is 0 Å². The summed E-state index contributed by atoms with van der Waals surface area (Å²) >= 11 is 1.36. The standard InChI is InChI=1S/C19H21N3O3S/c1-4-5-8-22-17(24)13-7-6-12(9-14(13)18(22)25)16(23)21-19-20-15(10-26-19)11(2)3/h6-7,9-11H,4-5,8H2,1-3H3,(H,20,21,23). The Labute approximate surface area is 156 Å². The van der Waals surface area contributed by atoms with E-state index in [9.17, 15) is 14.4 Å². The van der Waals surface area contributed by atoms with E-state index in [1.807, 2.05) is 26.2 Å². The van der Waals surface area contributed by atoms with E-state index in [1.54, 1.807) is 12.1 Å². The molecule has 0 bridgehead atoms. The van der Waals surface area contributed by atoms with Crippen molar-refractivity contribution in [3.8, 4) is 0 Å². The molecule has 3 amide bonds. The van der Waals surface area contributed by atoms with Gasteiger partial charge in [0.05, 0.1) is 16.8 Å². The third kappa shape index (κ3) is 3.39. The number of anilines is 1. The first-order valence-corrected chi connectivity index (χ1v) is 9.57. The zero-order chi connectivity index (χ0) is 18.8. The Balaban J connectivity index is 1.79. The summed E-state index contributed by atoms with van der Waals surface area (Å²) in [6.45, 7) is 6.48. The molecule has 1 N–H and O–H groups in total. The van der Waals surface area contributed by atoms with Crippen LogP contribution in [-0.4, -0.2) is 34.2 Å². The van der Waals surface area contributed by atoms with Crippen LogP contribution in [0.2, 0.25) is 0 Å². The Hall–Kier alpha value is -2.54. The molecule has 1 aromatic heterocycles. The van der Waals surface area contributed by atoms with Crippen LogP contribution in [0.15, 0.2) is 23.6 Å². The van der Waals surface area contributed by atoms with Crippen LogP contribution < -0.4 is 5.32 Å². The average molecular weight is 371 g/mol. The van der Waals surface area contributed by atoms with E-state index >= 15 is 0 Å². The molecule has 0 radical (unpaired) electrons. The second-order valence-electron chi connectivity index (χ2n) is 6.56. The van der Waals surface area contributed by atoms with Crippen LogP contribution in [0, 0.1) is 0 Å². The largest absolute Gasteiger partial charge is 0.298 e. The van der Waals surface area contributed by atoms with Gasteiger partial charge >= 0.3 is 0 Å². The van der Waals surface area contributed by atoms with Crippen LogP contribution >= 0.6 is 11.3 Å². The summed E-state index contributed by atoms with van der Waals surface area (Å²) in [5.41, 5.74) is 1.91. The van der Waals surface area contributed by atoms with Crippen molar-refractivity contribution in [2.45, 2.75) is 39.5 Å². The molecule has 0 saturated carbocycles. The lowest BCUT2D eigenvalue weighted by molar-refractivity contribution is 0.0652. The van der Waals surface area contributed by atoms with Gasteiger partial charge in [0, 0.05) is 17.5 Å². The molecule has 3 rings (SSSR count). The maximum absolute atomic E-state index is 12.5. The van der Waals surface area contributed by atoms with Crippen LogP contribution in [0.5, 0.6) is 0 Å². The summed E-state index contributed by atoms with van der Waals surface area (Å²) in [7, 11) is 0. The molecule has 1 aliphatic heterocycles. The van der Waals surface area contributed by atoms with Gasteiger partial charge in [0.25, 0.3) is 17.7 Å². The summed E-state index contributed by atoms with van der Waals surface area (Å²) in [6, 6.07) is 4.62. The van der Waals surface area contributed by atoms with Gasteiger partial charge in [0.2, 0.25) is 0 Å². The maximum Gasteiger partial charge on any atom is 0.261 e. The monoisotopic (exact) mass is 371 g/mol. The van der Waals surface area contributed by atoms with Gasteiger partial charge in [0.15, 0.2) is 5.13 Å². The number of benzene rings is 1. The molecule has 6 nitrogen and oxygen atoms in total. The predicted molar refractivity (Wildman–Crippen MR) is 101 cm³/mol. The lowest BCUT2D eigenvalue weighted by atomic mass is 10.1. The van der Waals surface area contributed by atoms with Crippen LogP contribution in [0.1, 0.15) is 76.3 Å². The number of fused-ring (bicyclic) bond motifs is 1. The fourth-order valence-corrected chi connectivity index (χ4v) is 3.60. The predicted octanol–water partition coefficient (Wildman–Crippen LogP) is 3.91. The number of imide groups is 1. The second kappa shape index (κ2) is 7.37. The number of hydrogen-bond donors (Lipinski definition) is 1. The number of carbonyl (C=O) groups is 3. The highest BCUT2D eigenvalue weighted by atomic mass is 32.1. The Morgan fingerprint density at radius 3 is 2.62 bits per heavy atom. The Bertz CT molecular complexity index is 873. The lowest BCUT2D eigenvalue weighted by Crippen LogP contribution is -2.30. The molecule has 0 fully saturated rings. The topological polar surface area (TPSA) is 79.4 Å².